The average molecular weight is 217 g/mol. The van der Waals surface area contributed by atoms with Gasteiger partial charge in [0.25, 0.3) is 0 Å². The Morgan fingerprint density at radius 1 is 1.44 bits per heavy atom. The molecule has 1 aromatic rings. The van der Waals surface area contributed by atoms with E-state index in [1.165, 1.54) is 0 Å². The molecule has 0 spiro atoms. The summed E-state index contributed by atoms with van der Waals surface area (Å²) >= 11 is 0. The van der Waals surface area contributed by atoms with E-state index in [9.17, 15) is 4.79 Å². The maximum atomic E-state index is 11.7. The molecule has 1 atom stereocenters. The van der Waals surface area contributed by atoms with Crippen molar-refractivity contribution >= 4 is 5.97 Å². The van der Waals surface area contributed by atoms with Crippen molar-refractivity contribution in [2.45, 2.75) is 25.8 Å². The number of rotatable bonds is 4. The predicted octanol–water partition coefficient (Wildman–Crippen LogP) is 2.47. The maximum Gasteiger partial charge on any atom is 0.393 e. The molecule has 0 radical (unpaired) electrons. The van der Waals surface area contributed by atoms with E-state index in [4.69, 9.17) is 11.3 Å². The Hall–Kier alpha value is -1.82. The van der Waals surface area contributed by atoms with Crippen molar-refractivity contribution in [3.63, 3.8) is 0 Å². The van der Waals surface area contributed by atoms with E-state index in [0.717, 1.165) is 5.56 Å². The third-order valence-electron chi connectivity index (χ3n) is 2.35. The molecule has 0 saturated heterocycles. The van der Waals surface area contributed by atoms with E-state index in [1.54, 1.807) is 13.8 Å². The van der Waals surface area contributed by atoms with Gasteiger partial charge in [0.1, 0.15) is 0 Å². The van der Waals surface area contributed by atoms with E-state index >= 15 is 0 Å². The van der Waals surface area contributed by atoms with Gasteiger partial charge in [-0.2, -0.15) is 0 Å². The van der Waals surface area contributed by atoms with Gasteiger partial charge in [-0.25, -0.2) is 11.4 Å². The molecular formula is C13H15NO2. The van der Waals surface area contributed by atoms with E-state index in [2.05, 4.69) is 4.85 Å². The van der Waals surface area contributed by atoms with Crippen LogP contribution in [0.5, 0.6) is 0 Å². The molecule has 1 aromatic carbocycles. The minimum atomic E-state index is -1.11. The van der Waals surface area contributed by atoms with Crippen LogP contribution in [0.15, 0.2) is 30.3 Å². The van der Waals surface area contributed by atoms with Crippen molar-refractivity contribution in [3.8, 4) is 0 Å². The fraction of sp³-hybridized carbons (Fsp3) is 0.385. The second kappa shape index (κ2) is 5.32. The molecule has 84 valence electrons. The van der Waals surface area contributed by atoms with E-state index < -0.39 is 11.5 Å². The number of benzene rings is 1. The number of carbonyl (C=O) groups is 1. The standard InChI is InChI=1S/C13H15NO2/c1-4-16-12(15)13(2,14-3)10-11-8-6-5-7-9-11/h5-9H,4,10H2,1-2H3/t13-/m0/s1. The van der Waals surface area contributed by atoms with E-state index in [0.29, 0.717) is 13.0 Å². The maximum absolute atomic E-state index is 11.7. The zero-order valence-electron chi connectivity index (χ0n) is 9.56. The Morgan fingerprint density at radius 3 is 2.56 bits per heavy atom. The molecule has 3 nitrogen and oxygen atoms in total. The van der Waals surface area contributed by atoms with E-state index in [1.807, 2.05) is 30.3 Å². The minimum Gasteiger partial charge on any atom is -0.460 e. The summed E-state index contributed by atoms with van der Waals surface area (Å²) in [5, 5.41) is 0. The first-order valence-electron chi connectivity index (χ1n) is 5.22. The number of hydrogen-bond donors (Lipinski definition) is 0. The lowest BCUT2D eigenvalue weighted by Crippen LogP contribution is -2.35. The van der Waals surface area contributed by atoms with Gasteiger partial charge in [-0.05, 0) is 12.5 Å². The normalized spacial score (nSPS) is 13.6. The third-order valence-corrected chi connectivity index (χ3v) is 2.35. The van der Waals surface area contributed by atoms with Crippen LogP contribution < -0.4 is 0 Å². The van der Waals surface area contributed by atoms with Crippen LogP contribution >= 0.6 is 0 Å². The molecule has 0 aromatic heterocycles. The summed E-state index contributed by atoms with van der Waals surface area (Å²) in [6.07, 6.45) is 0.385. The molecule has 0 saturated carbocycles. The lowest BCUT2D eigenvalue weighted by Gasteiger charge is -2.15. The minimum absolute atomic E-state index is 0.304. The number of ether oxygens (including phenoxy) is 1. The number of hydrogen-bond acceptors (Lipinski definition) is 2. The first kappa shape index (κ1) is 12.3. The Bertz CT molecular complexity index is 394. The number of nitrogens with zero attached hydrogens (tertiary/aromatic N) is 1. The van der Waals surface area contributed by atoms with Crippen LogP contribution in [0.3, 0.4) is 0 Å². The van der Waals surface area contributed by atoms with Gasteiger partial charge in [-0.15, -0.1) is 0 Å². The van der Waals surface area contributed by atoms with Crippen LogP contribution in [0.2, 0.25) is 0 Å². The highest BCUT2D eigenvalue weighted by molar-refractivity contribution is 5.83. The number of esters is 1. The molecule has 0 aliphatic rings. The van der Waals surface area contributed by atoms with Crippen LogP contribution in [0.1, 0.15) is 19.4 Å². The summed E-state index contributed by atoms with van der Waals surface area (Å²) in [6, 6.07) is 9.50. The van der Waals surface area contributed by atoms with Crippen LogP contribution in [0.4, 0.5) is 0 Å². The van der Waals surface area contributed by atoms with Crippen molar-refractivity contribution in [1.82, 2.24) is 0 Å². The first-order chi connectivity index (χ1) is 7.62. The van der Waals surface area contributed by atoms with Crippen molar-refractivity contribution in [1.29, 1.82) is 0 Å². The zero-order valence-corrected chi connectivity index (χ0v) is 9.56. The molecule has 0 bridgehead atoms. The second-order valence-electron chi connectivity index (χ2n) is 3.77. The highest BCUT2D eigenvalue weighted by atomic mass is 16.5. The van der Waals surface area contributed by atoms with Gasteiger partial charge in [-0.1, -0.05) is 30.3 Å². The summed E-state index contributed by atoms with van der Waals surface area (Å²) in [4.78, 5) is 15.1. The molecule has 16 heavy (non-hydrogen) atoms. The number of carbonyl (C=O) groups excluding carboxylic acids is 1. The molecule has 3 heteroatoms. The highest BCUT2D eigenvalue weighted by Gasteiger charge is 2.41. The third kappa shape index (κ3) is 2.83. The molecule has 0 amide bonds. The highest BCUT2D eigenvalue weighted by Crippen LogP contribution is 2.19. The molecule has 0 unspecified atom stereocenters. The molecule has 1 rings (SSSR count). The first-order valence-corrected chi connectivity index (χ1v) is 5.22. The molecular weight excluding hydrogens is 202 g/mol. The summed E-state index contributed by atoms with van der Waals surface area (Å²) in [5.74, 6) is -0.450. The van der Waals surface area contributed by atoms with Crippen molar-refractivity contribution in [2.75, 3.05) is 6.61 Å². The monoisotopic (exact) mass is 217 g/mol. The Balaban J connectivity index is 2.83. The lowest BCUT2D eigenvalue weighted by molar-refractivity contribution is -0.147. The van der Waals surface area contributed by atoms with Crippen molar-refractivity contribution in [2.24, 2.45) is 0 Å². The average Bonchev–Trinajstić information content (AvgIpc) is 2.30. The Labute approximate surface area is 95.9 Å². The fourth-order valence-electron chi connectivity index (χ4n) is 1.44. The largest absolute Gasteiger partial charge is 0.460 e. The molecule has 0 aliphatic carbocycles. The van der Waals surface area contributed by atoms with Gasteiger partial charge in [0.15, 0.2) is 0 Å². The zero-order chi connectivity index (χ0) is 12.0. The lowest BCUT2D eigenvalue weighted by atomic mass is 9.94. The van der Waals surface area contributed by atoms with Crippen molar-refractivity contribution in [3.05, 3.63) is 47.3 Å². The fourth-order valence-corrected chi connectivity index (χ4v) is 1.44. The SMILES string of the molecule is [C-]#[N+][C@@](C)(Cc1ccccc1)C(=O)OCC. The Kier molecular flexibility index (Phi) is 4.07. The van der Waals surface area contributed by atoms with E-state index in [-0.39, 0.29) is 0 Å². The quantitative estimate of drug-likeness (QED) is 0.573. The predicted molar refractivity (Wildman–Crippen MR) is 61.8 cm³/mol. The van der Waals surface area contributed by atoms with Gasteiger partial charge in [-0.3, -0.25) is 4.85 Å². The van der Waals surface area contributed by atoms with Gasteiger partial charge in [0.2, 0.25) is 0 Å². The van der Waals surface area contributed by atoms with Gasteiger partial charge < -0.3 is 4.74 Å². The van der Waals surface area contributed by atoms with Crippen LogP contribution in [0.25, 0.3) is 4.85 Å². The Morgan fingerprint density at radius 2 is 2.06 bits per heavy atom. The summed E-state index contributed by atoms with van der Waals surface area (Å²) < 4.78 is 4.92. The smallest absolute Gasteiger partial charge is 0.393 e. The van der Waals surface area contributed by atoms with Crippen LogP contribution in [-0.2, 0) is 16.0 Å². The van der Waals surface area contributed by atoms with Gasteiger partial charge >= 0.3 is 11.5 Å². The summed E-state index contributed by atoms with van der Waals surface area (Å²) in [5.41, 5.74) is -0.147. The molecule has 0 N–H and O–H groups in total. The van der Waals surface area contributed by atoms with Crippen LogP contribution in [-0.4, -0.2) is 18.1 Å². The molecule has 0 heterocycles. The second-order valence-corrected chi connectivity index (χ2v) is 3.77. The molecule has 0 fully saturated rings. The topological polar surface area (TPSA) is 30.7 Å². The summed E-state index contributed by atoms with van der Waals surface area (Å²) in [7, 11) is 0. The molecule has 0 aliphatic heterocycles. The van der Waals surface area contributed by atoms with Crippen LogP contribution in [0, 0.1) is 6.57 Å². The van der Waals surface area contributed by atoms with Gasteiger partial charge in [0, 0.05) is 6.92 Å². The van der Waals surface area contributed by atoms with Crippen molar-refractivity contribution < 1.29 is 9.53 Å². The van der Waals surface area contributed by atoms with Gasteiger partial charge in [0.05, 0.1) is 13.0 Å². The summed E-state index contributed by atoms with van der Waals surface area (Å²) in [6.45, 7) is 10.8.